The molecular weight excluding hydrogens is 565 g/mol. The molecule has 0 saturated carbocycles. The van der Waals surface area contributed by atoms with Crippen molar-refractivity contribution in [3.63, 3.8) is 0 Å². The normalized spacial score (nSPS) is 28.4. The van der Waals surface area contributed by atoms with Gasteiger partial charge in [-0.25, -0.2) is 4.79 Å². The molecule has 182 valence electrons. The van der Waals surface area contributed by atoms with Crippen LogP contribution in [0.15, 0.2) is 77.3 Å². The second-order valence-electron chi connectivity index (χ2n) is 9.43. The molecule has 0 radical (unpaired) electrons. The SMILES string of the molecule is C[C@H](C(=O)OCc1ccc(Br)cc1)N1C(=O)[C@H]2[C@H](C1=O)C1(Cl)c3ccccc3C2(Cl)c2ccccc21. The molecule has 2 amide bonds. The summed E-state index contributed by atoms with van der Waals surface area (Å²) in [4.78, 5) is 39.3. The lowest BCUT2D eigenvalue weighted by Gasteiger charge is -2.54. The van der Waals surface area contributed by atoms with Crippen LogP contribution in [0.4, 0.5) is 0 Å². The quantitative estimate of drug-likeness (QED) is 0.232. The largest absolute Gasteiger partial charge is 0.459 e. The molecule has 3 aliphatic carbocycles. The number of carbonyl (C=O) groups excluding carboxylic acids is 3. The molecule has 0 N–H and O–H groups in total. The van der Waals surface area contributed by atoms with Gasteiger partial charge < -0.3 is 4.74 Å². The number of ether oxygens (including phenoxy) is 1. The molecule has 1 aliphatic heterocycles. The maximum atomic E-state index is 13.9. The molecular formula is C28H20BrCl2NO4. The second kappa shape index (κ2) is 8.17. The summed E-state index contributed by atoms with van der Waals surface area (Å²) in [6, 6.07) is 21.1. The van der Waals surface area contributed by atoms with Gasteiger partial charge in [0, 0.05) is 4.47 Å². The van der Waals surface area contributed by atoms with Crippen LogP contribution >= 0.6 is 39.1 Å². The molecule has 0 unspecified atom stereocenters. The standard InChI is InChI=1S/C28H20BrCl2NO4/c1-15(26(35)36-14-16-10-12-17(29)13-11-16)32-24(33)22-23(25(32)34)28(31)19-7-3-2-6-18(19)27(22,30)20-8-4-5-9-21(20)28/h2-13,15,22-23H,14H2,1H3/t15-,22-,23-,27?,28?/m1/s1. The fourth-order valence-electron chi connectivity index (χ4n) is 6.03. The number of likely N-dealkylation sites (tertiary alicyclic amines) is 1. The highest BCUT2D eigenvalue weighted by atomic mass is 79.9. The number of rotatable bonds is 4. The number of hydrogen-bond acceptors (Lipinski definition) is 4. The number of alkyl halides is 2. The summed E-state index contributed by atoms with van der Waals surface area (Å²) >= 11 is 18.2. The predicted octanol–water partition coefficient (Wildman–Crippen LogP) is 5.47. The Hall–Kier alpha value is -2.67. The van der Waals surface area contributed by atoms with Gasteiger partial charge in [0.1, 0.15) is 22.4 Å². The lowest BCUT2D eigenvalue weighted by atomic mass is 9.54. The van der Waals surface area contributed by atoms with Gasteiger partial charge in [-0.3, -0.25) is 14.5 Å². The molecule has 2 bridgehead atoms. The molecule has 36 heavy (non-hydrogen) atoms. The Labute approximate surface area is 226 Å². The number of imide groups is 1. The minimum absolute atomic E-state index is 0.0231. The summed E-state index contributed by atoms with van der Waals surface area (Å²) in [7, 11) is 0. The first-order valence-corrected chi connectivity index (χ1v) is 13.1. The Kier molecular flexibility index (Phi) is 5.38. The predicted molar refractivity (Wildman–Crippen MR) is 138 cm³/mol. The number of halogens is 3. The van der Waals surface area contributed by atoms with Gasteiger partial charge in [-0.05, 0) is 46.9 Å². The van der Waals surface area contributed by atoms with E-state index >= 15 is 0 Å². The van der Waals surface area contributed by atoms with Crippen molar-refractivity contribution in [2.45, 2.75) is 29.3 Å². The van der Waals surface area contributed by atoms with E-state index in [2.05, 4.69) is 15.9 Å². The van der Waals surface area contributed by atoms with Crippen LogP contribution in [-0.4, -0.2) is 28.7 Å². The highest BCUT2D eigenvalue weighted by molar-refractivity contribution is 9.10. The monoisotopic (exact) mass is 583 g/mol. The summed E-state index contributed by atoms with van der Waals surface area (Å²) in [5.74, 6) is -3.59. The number of benzene rings is 3. The van der Waals surface area contributed by atoms with Crippen LogP contribution < -0.4 is 0 Å². The zero-order valence-electron chi connectivity index (χ0n) is 19.1. The summed E-state index contributed by atoms with van der Waals surface area (Å²) in [6.07, 6.45) is 0. The van der Waals surface area contributed by atoms with E-state index in [-0.39, 0.29) is 6.61 Å². The van der Waals surface area contributed by atoms with Crippen LogP contribution in [-0.2, 0) is 35.5 Å². The van der Waals surface area contributed by atoms with Crippen molar-refractivity contribution in [1.29, 1.82) is 0 Å². The third-order valence-electron chi connectivity index (χ3n) is 7.64. The number of carbonyl (C=O) groups is 3. The molecule has 1 heterocycles. The number of nitrogens with zero attached hydrogens (tertiary/aromatic N) is 1. The van der Waals surface area contributed by atoms with E-state index in [4.69, 9.17) is 27.9 Å². The average Bonchev–Trinajstić information content (AvgIpc) is 3.17. The zero-order chi connectivity index (χ0) is 25.4. The van der Waals surface area contributed by atoms with Gasteiger partial charge in [-0.15, -0.1) is 23.2 Å². The van der Waals surface area contributed by atoms with Crippen molar-refractivity contribution in [3.05, 3.63) is 105 Å². The van der Waals surface area contributed by atoms with Crippen LogP contribution in [0.2, 0.25) is 0 Å². The molecule has 1 fully saturated rings. The maximum absolute atomic E-state index is 13.9. The zero-order valence-corrected chi connectivity index (χ0v) is 22.2. The first-order valence-electron chi connectivity index (χ1n) is 11.6. The third kappa shape index (κ3) is 2.98. The van der Waals surface area contributed by atoms with Crippen molar-refractivity contribution >= 4 is 56.9 Å². The van der Waals surface area contributed by atoms with E-state index in [1.807, 2.05) is 72.8 Å². The molecule has 5 nitrogen and oxygen atoms in total. The minimum Gasteiger partial charge on any atom is -0.459 e. The summed E-state index contributed by atoms with van der Waals surface area (Å²) < 4.78 is 6.38. The van der Waals surface area contributed by atoms with Crippen molar-refractivity contribution < 1.29 is 19.1 Å². The number of hydrogen-bond donors (Lipinski definition) is 0. The van der Waals surface area contributed by atoms with Gasteiger partial charge in [0.25, 0.3) is 0 Å². The Morgan fingerprint density at radius 3 is 1.69 bits per heavy atom. The summed E-state index contributed by atoms with van der Waals surface area (Å²) in [5.41, 5.74) is 3.66. The average molecular weight is 585 g/mol. The molecule has 3 atom stereocenters. The maximum Gasteiger partial charge on any atom is 0.329 e. The lowest BCUT2D eigenvalue weighted by molar-refractivity contribution is -0.159. The first kappa shape index (κ1) is 23.7. The highest BCUT2D eigenvalue weighted by Gasteiger charge is 2.73. The van der Waals surface area contributed by atoms with Crippen molar-refractivity contribution in [2.24, 2.45) is 11.8 Å². The Bertz CT molecular complexity index is 1320. The molecule has 4 aliphatic rings. The Balaban J connectivity index is 1.38. The molecule has 7 rings (SSSR count). The second-order valence-corrected chi connectivity index (χ2v) is 11.5. The third-order valence-corrected chi connectivity index (χ3v) is 9.46. The van der Waals surface area contributed by atoms with Crippen molar-refractivity contribution in [1.82, 2.24) is 4.90 Å². The summed E-state index contributed by atoms with van der Waals surface area (Å²) in [5, 5.41) is 0. The first-order chi connectivity index (χ1) is 17.2. The van der Waals surface area contributed by atoms with Crippen LogP contribution in [0.3, 0.4) is 0 Å². The lowest BCUT2D eigenvalue weighted by Crippen LogP contribution is -2.57. The van der Waals surface area contributed by atoms with Crippen LogP contribution in [0, 0.1) is 11.8 Å². The van der Waals surface area contributed by atoms with E-state index in [0.29, 0.717) is 0 Å². The Morgan fingerprint density at radius 1 is 0.861 bits per heavy atom. The molecule has 8 heteroatoms. The summed E-state index contributed by atoms with van der Waals surface area (Å²) in [6.45, 7) is 1.52. The molecule has 0 spiro atoms. The van der Waals surface area contributed by atoms with E-state index < -0.39 is 45.4 Å². The number of esters is 1. The van der Waals surface area contributed by atoms with Gasteiger partial charge >= 0.3 is 5.97 Å². The highest BCUT2D eigenvalue weighted by Crippen LogP contribution is 2.69. The molecule has 0 aromatic heterocycles. The molecule has 3 aromatic carbocycles. The topological polar surface area (TPSA) is 63.7 Å². The van der Waals surface area contributed by atoms with Gasteiger partial charge in [0.05, 0.1) is 11.8 Å². The van der Waals surface area contributed by atoms with E-state index in [0.717, 1.165) is 37.2 Å². The molecule has 3 aromatic rings. The van der Waals surface area contributed by atoms with Gasteiger partial charge in [-0.2, -0.15) is 0 Å². The van der Waals surface area contributed by atoms with Crippen LogP contribution in [0.5, 0.6) is 0 Å². The molecule has 1 saturated heterocycles. The Morgan fingerprint density at radius 2 is 1.28 bits per heavy atom. The van der Waals surface area contributed by atoms with E-state index in [1.54, 1.807) is 0 Å². The fraction of sp³-hybridized carbons (Fsp3) is 0.250. The van der Waals surface area contributed by atoms with E-state index in [1.165, 1.54) is 6.92 Å². The van der Waals surface area contributed by atoms with Crippen molar-refractivity contribution in [3.8, 4) is 0 Å². The number of amides is 2. The van der Waals surface area contributed by atoms with Gasteiger partial charge in [0.15, 0.2) is 0 Å². The van der Waals surface area contributed by atoms with Crippen LogP contribution in [0.25, 0.3) is 0 Å². The smallest absolute Gasteiger partial charge is 0.329 e. The van der Waals surface area contributed by atoms with Gasteiger partial charge in [0.2, 0.25) is 11.8 Å². The van der Waals surface area contributed by atoms with Gasteiger partial charge in [-0.1, -0.05) is 76.6 Å². The van der Waals surface area contributed by atoms with Crippen LogP contribution in [0.1, 0.15) is 34.7 Å². The van der Waals surface area contributed by atoms with Crippen molar-refractivity contribution in [2.75, 3.05) is 0 Å². The van der Waals surface area contributed by atoms with E-state index in [9.17, 15) is 14.4 Å². The fourth-order valence-corrected chi connectivity index (χ4v) is 7.39. The minimum atomic E-state index is -1.28.